The molecule has 1 fully saturated rings. The van der Waals surface area contributed by atoms with Crippen molar-refractivity contribution in [1.29, 1.82) is 0 Å². The molecule has 1 aromatic carbocycles. The Balaban J connectivity index is 2.43. The standard InChI is InChI=1S/C14H22N2O3S/c1-10-6-11(2)14(7-13(10)8-15)20(17,18)16-4-5-19-12(3)9-16/h6-7,12H,4-5,8-9,15H2,1-3H3. The normalized spacial score (nSPS) is 21.1. The second-order valence-corrected chi connectivity index (χ2v) is 7.20. The van der Waals surface area contributed by atoms with Gasteiger partial charge in [-0.3, -0.25) is 0 Å². The maximum atomic E-state index is 12.8. The number of benzene rings is 1. The van der Waals surface area contributed by atoms with Crippen LogP contribution < -0.4 is 5.73 Å². The van der Waals surface area contributed by atoms with Crippen molar-refractivity contribution < 1.29 is 13.2 Å². The average molecular weight is 298 g/mol. The van der Waals surface area contributed by atoms with Crippen LogP contribution in [0.5, 0.6) is 0 Å². The van der Waals surface area contributed by atoms with Gasteiger partial charge in [0.15, 0.2) is 0 Å². The van der Waals surface area contributed by atoms with Gasteiger partial charge < -0.3 is 10.5 Å². The van der Waals surface area contributed by atoms with Crippen LogP contribution in [0, 0.1) is 13.8 Å². The maximum absolute atomic E-state index is 12.8. The van der Waals surface area contributed by atoms with E-state index in [2.05, 4.69) is 0 Å². The highest BCUT2D eigenvalue weighted by molar-refractivity contribution is 7.89. The molecule has 0 saturated carbocycles. The molecule has 0 radical (unpaired) electrons. The zero-order valence-corrected chi connectivity index (χ0v) is 13.0. The van der Waals surface area contributed by atoms with Crippen LogP contribution in [0.2, 0.25) is 0 Å². The van der Waals surface area contributed by atoms with Crippen molar-refractivity contribution in [1.82, 2.24) is 4.31 Å². The number of aryl methyl sites for hydroxylation is 2. The summed E-state index contributed by atoms with van der Waals surface area (Å²) in [6, 6.07) is 3.60. The van der Waals surface area contributed by atoms with Crippen LogP contribution in [0.15, 0.2) is 17.0 Å². The van der Waals surface area contributed by atoms with E-state index in [9.17, 15) is 8.42 Å². The first kappa shape index (κ1) is 15.4. The molecule has 1 aromatic rings. The molecular formula is C14H22N2O3S. The first-order chi connectivity index (χ1) is 9.36. The number of nitrogens with two attached hydrogens (primary N) is 1. The number of rotatable bonds is 3. The van der Waals surface area contributed by atoms with Gasteiger partial charge in [0.2, 0.25) is 10.0 Å². The highest BCUT2D eigenvalue weighted by atomic mass is 32.2. The summed E-state index contributed by atoms with van der Waals surface area (Å²) in [6.07, 6.45) is -0.0711. The van der Waals surface area contributed by atoms with Crippen LogP contribution in [0.3, 0.4) is 0 Å². The van der Waals surface area contributed by atoms with Gasteiger partial charge in [-0.2, -0.15) is 4.31 Å². The van der Waals surface area contributed by atoms with Crippen molar-refractivity contribution in [2.75, 3.05) is 19.7 Å². The zero-order valence-electron chi connectivity index (χ0n) is 12.2. The minimum Gasteiger partial charge on any atom is -0.376 e. The second kappa shape index (κ2) is 5.81. The van der Waals surface area contributed by atoms with Crippen LogP contribution in [-0.2, 0) is 21.3 Å². The predicted octanol–water partition coefficient (Wildman–Crippen LogP) is 1.17. The number of ether oxygens (including phenoxy) is 1. The molecule has 2 N–H and O–H groups in total. The van der Waals surface area contributed by atoms with Gasteiger partial charge >= 0.3 is 0 Å². The number of morpholine rings is 1. The molecule has 20 heavy (non-hydrogen) atoms. The third-order valence-electron chi connectivity index (χ3n) is 3.68. The third-order valence-corrected chi connectivity index (χ3v) is 5.68. The van der Waals surface area contributed by atoms with E-state index < -0.39 is 10.0 Å². The van der Waals surface area contributed by atoms with E-state index in [1.54, 1.807) is 6.07 Å². The van der Waals surface area contributed by atoms with Crippen LogP contribution in [0.4, 0.5) is 0 Å². The molecule has 0 spiro atoms. The molecule has 1 unspecified atom stereocenters. The van der Waals surface area contributed by atoms with Gasteiger partial charge in [0.05, 0.1) is 17.6 Å². The van der Waals surface area contributed by atoms with Gasteiger partial charge in [0.25, 0.3) is 0 Å². The van der Waals surface area contributed by atoms with Crippen molar-refractivity contribution in [2.24, 2.45) is 5.73 Å². The van der Waals surface area contributed by atoms with Gasteiger partial charge in [-0.05, 0) is 43.5 Å². The van der Waals surface area contributed by atoms with E-state index in [0.717, 1.165) is 16.7 Å². The molecule has 0 aliphatic carbocycles. The lowest BCUT2D eigenvalue weighted by molar-refractivity contribution is 0.0102. The number of nitrogens with zero attached hydrogens (tertiary/aromatic N) is 1. The Bertz CT molecular complexity index is 599. The fourth-order valence-electron chi connectivity index (χ4n) is 2.52. The highest BCUT2D eigenvalue weighted by Crippen LogP contribution is 2.25. The van der Waals surface area contributed by atoms with Gasteiger partial charge in [-0.1, -0.05) is 6.07 Å². The fraction of sp³-hybridized carbons (Fsp3) is 0.571. The average Bonchev–Trinajstić information content (AvgIpc) is 2.38. The monoisotopic (exact) mass is 298 g/mol. The van der Waals surface area contributed by atoms with Gasteiger partial charge in [-0.15, -0.1) is 0 Å². The Kier molecular flexibility index (Phi) is 4.49. The topological polar surface area (TPSA) is 72.6 Å². The lowest BCUT2D eigenvalue weighted by atomic mass is 10.1. The minimum atomic E-state index is -3.48. The van der Waals surface area contributed by atoms with Crippen LogP contribution in [-0.4, -0.2) is 38.5 Å². The number of sulfonamides is 1. The summed E-state index contributed by atoms with van der Waals surface area (Å²) >= 11 is 0. The van der Waals surface area contributed by atoms with Crippen molar-refractivity contribution in [3.05, 3.63) is 28.8 Å². The first-order valence-corrected chi connectivity index (χ1v) is 8.22. The largest absolute Gasteiger partial charge is 0.376 e. The minimum absolute atomic E-state index is 0.0711. The summed E-state index contributed by atoms with van der Waals surface area (Å²) in [5.74, 6) is 0. The lowest BCUT2D eigenvalue weighted by Gasteiger charge is -2.31. The third kappa shape index (κ3) is 2.88. The number of hydrogen-bond donors (Lipinski definition) is 1. The Hall–Kier alpha value is -0.950. The summed E-state index contributed by atoms with van der Waals surface area (Å²) < 4.78 is 32.4. The van der Waals surface area contributed by atoms with Crippen LogP contribution in [0.25, 0.3) is 0 Å². The molecule has 1 saturated heterocycles. The smallest absolute Gasteiger partial charge is 0.243 e. The lowest BCUT2D eigenvalue weighted by Crippen LogP contribution is -2.44. The van der Waals surface area contributed by atoms with Crippen LogP contribution in [0.1, 0.15) is 23.6 Å². The van der Waals surface area contributed by atoms with Gasteiger partial charge in [0.1, 0.15) is 0 Å². The summed E-state index contributed by atoms with van der Waals surface area (Å²) in [4.78, 5) is 0.359. The van der Waals surface area contributed by atoms with Gasteiger partial charge in [0, 0.05) is 19.6 Å². The van der Waals surface area contributed by atoms with E-state index in [4.69, 9.17) is 10.5 Å². The van der Waals surface area contributed by atoms with Crippen molar-refractivity contribution in [2.45, 2.75) is 38.3 Å². The first-order valence-electron chi connectivity index (χ1n) is 6.78. The van der Waals surface area contributed by atoms with E-state index in [1.165, 1.54) is 4.31 Å². The molecule has 1 atom stereocenters. The molecule has 1 heterocycles. The van der Waals surface area contributed by atoms with E-state index in [-0.39, 0.29) is 6.10 Å². The summed E-state index contributed by atoms with van der Waals surface area (Å²) in [5.41, 5.74) is 8.35. The maximum Gasteiger partial charge on any atom is 0.243 e. The SMILES string of the molecule is Cc1cc(C)c(S(=O)(=O)N2CCOC(C)C2)cc1CN. The van der Waals surface area contributed by atoms with Crippen molar-refractivity contribution in [3.8, 4) is 0 Å². The van der Waals surface area contributed by atoms with E-state index in [1.807, 2.05) is 26.8 Å². The summed E-state index contributed by atoms with van der Waals surface area (Å²) in [6.45, 7) is 7.23. The quantitative estimate of drug-likeness (QED) is 0.909. The molecule has 0 aromatic heterocycles. The van der Waals surface area contributed by atoms with Gasteiger partial charge in [-0.25, -0.2) is 8.42 Å². The molecule has 6 heteroatoms. The van der Waals surface area contributed by atoms with Crippen molar-refractivity contribution in [3.63, 3.8) is 0 Å². The molecule has 5 nitrogen and oxygen atoms in total. The molecule has 112 valence electrons. The molecule has 0 amide bonds. The molecule has 0 bridgehead atoms. The second-order valence-electron chi connectivity index (χ2n) is 5.29. The van der Waals surface area contributed by atoms with Crippen LogP contribution >= 0.6 is 0 Å². The summed E-state index contributed by atoms with van der Waals surface area (Å²) in [5, 5.41) is 0. The van der Waals surface area contributed by atoms with E-state index in [0.29, 0.717) is 31.1 Å². The molecular weight excluding hydrogens is 276 g/mol. The molecule has 2 rings (SSSR count). The Morgan fingerprint density at radius 1 is 1.35 bits per heavy atom. The highest BCUT2D eigenvalue weighted by Gasteiger charge is 2.30. The molecule has 1 aliphatic rings. The Labute approximate surface area is 120 Å². The predicted molar refractivity (Wildman–Crippen MR) is 78.0 cm³/mol. The Morgan fingerprint density at radius 2 is 2.05 bits per heavy atom. The number of hydrogen-bond acceptors (Lipinski definition) is 4. The fourth-order valence-corrected chi connectivity index (χ4v) is 4.27. The molecule has 1 aliphatic heterocycles. The Morgan fingerprint density at radius 3 is 2.65 bits per heavy atom. The zero-order chi connectivity index (χ0) is 14.9. The summed E-state index contributed by atoms with van der Waals surface area (Å²) in [7, 11) is -3.48. The van der Waals surface area contributed by atoms with E-state index >= 15 is 0 Å². The van der Waals surface area contributed by atoms with Crippen molar-refractivity contribution >= 4 is 10.0 Å².